The van der Waals surface area contributed by atoms with Crippen LogP contribution in [-0.4, -0.2) is 65.0 Å². The number of rotatable bonds is 7. The third-order valence-corrected chi connectivity index (χ3v) is 7.83. The molecule has 3 rings (SSSR count). The van der Waals surface area contributed by atoms with Gasteiger partial charge in [0.2, 0.25) is 0 Å². The van der Waals surface area contributed by atoms with Crippen molar-refractivity contribution in [3.63, 3.8) is 0 Å². The van der Waals surface area contributed by atoms with Crippen LogP contribution < -0.4 is 10.6 Å². The van der Waals surface area contributed by atoms with Crippen molar-refractivity contribution in [2.24, 2.45) is 16.3 Å². The SMILES string of the molecule is CN=C(NCC1CCCN(C)C1c1cccs1)NCC1(CS(C)(=O)=O)CC1. The van der Waals surface area contributed by atoms with Crippen LogP contribution in [-0.2, 0) is 9.84 Å². The number of nitrogens with zero attached hydrogens (tertiary/aromatic N) is 2. The van der Waals surface area contributed by atoms with E-state index in [1.165, 1.54) is 24.0 Å². The van der Waals surface area contributed by atoms with Crippen LogP contribution in [0.25, 0.3) is 0 Å². The van der Waals surface area contributed by atoms with Crippen LogP contribution in [0.15, 0.2) is 22.5 Å². The van der Waals surface area contributed by atoms with Crippen LogP contribution >= 0.6 is 11.3 Å². The Labute approximate surface area is 167 Å². The van der Waals surface area contributed by atoms with Crippen molar-refractivity contribution in [2.45, 2.75) is 31.7 Å². The lowest BCUT2D eigenvalue weighted by Crippen LogP contribution is -2.46. The molecule has 2 atom stereocenters. The highest BCUT2D eigenvalue weighted by Crippen LogP contribution is 2.46. The number of nitrogens with one attached hydrogen (secondary N) is 2. The van der Waals surface area contributed by atoms with Gasteiger partial charge in [0.1, 0.15) is 9.84 Å². The van der Waals surface area contributed by atoms with Crippen molar-refractivity contribution in [2.75, 3.05) is 45.7 Å². The second-order valence-electron chi connectivity index (χ2n) is 8.22. The summed E-state index contributed by atoms with van der Waals surface area (Å²) >= 11 is 1.83. The van der Waals surface area contributed by atoms with Crippen molar-refractivity contribution < 1.29 is 8.42 Å². The largest absolute Gasteiger partial charge is 0.356 e. The Morgan fingerprint density at radius 1 is 1.41 bits per heavy atom. The number of hydrogen-bond donors (Lipinski definition) is 2. The number of guanidine groups is 1. The summed E-state index contributed by atoms with van der Waals surface area (Å²) in [7, 11) is 1.04. The van der Waals surface area contributed by atoms with Crippen LogP contribution in [0.2, 0.25) is 0 Å². The molecule has 1 saturated heterocycles. The first-order valence-electron chi connectivity index (χ1n) is 9.68. The Morgan fingerprint density at radius 3 is 2.78 bits per heavy atom. The highest BCUT2D eigenvalue weighted by molar-refractivity contribution is 7.90. The maximum Gasteiger partial charge on any atom is 0.191 e. The third kappa shape index (κ3) is 5.68. The lowest BCUT2D eigenvalue weighted by Gasteiger charge is -2.39. The Balaban J connectivity index is 1.54. The van der Waals surface area contributed by atoms with Gasteiger partial charge in [0.15, 0.2) is 5.96 Å². The van der Waals surface area contributed by atoms with Crippen molar-refractivity contribution in [1.82, 2.24) is 15.5 Å². The number of sulfone groups is 1. The van der Waals surface area contributed by atoms with Crippen LogP contribution in [0.4, 0.5) is 0 Å². The molecule has 1 saturated carbocycles. The van der Waals surface area contributed by atoms with Gasteiger partial charge < -0.3 is 10.6 Å². The van der Waals surface area contributed by atoms with E-state index in [0.29, 0.717) is 18.5 Å². The van der Waals surface area contributed by atoms with E-state index in [4.69, 9.17) is 0 Å². The molecule has 6 nitrogen and oxygen atoms in total. The highest BCUT2D eigenvalue weighted by atomic mass is 32.2. The fraction of sp³-hybridized carbons (Fsp3) is 0.737. The topological polar surface area (TPSA) is 73.8 Å². The zero-order valence-electron chi connectivity index (χ0n) is 16.6. The van der Waals surface area contributed by atoms with E-state index in [2.05, 4.69) is 45.1 Å². The van der Waals surface area contributed by atoms with Gasteiger partial charge in [-0.15, -0.1) is 11.3 Å². The molecule has 0 bridgehead atoms. The normalized spacial score (nSPS) is 26.0. The number of likely N-dealkylation sites (tertiary alicyclic amines) is 1. The summed E-state index contributed by atoms with van der Waals surface area (Å²) in [5, 5.41) is 8.99. The number of aliphatic imine (C=N–C) groups is 1. The maximum atomic E-state index is 11.6. The molecule has 1 aromatic heterocycles. The molecule has 8 heteroatoms. The average molecular weight is 413 g/mol. The number of hydrogen-bond acceptors (Lipinski definition) is 5. The molecule has 1 aromatic rings. The first kappa shape index (κ1) is 20.6. The smallest absolute Gasteiger partial charge is 0.191 e. The Morgan fingerprint density at radius 2 is 2.19 bits per heavy atom. The lowest BCUT2D eigenvalue weighted by atomic mass is 9.88. The van der Waals surface area contributed by atoms with Crippen molar-refractivity contribution >= 4 is 27.1 Å². The average Bonchev–Trinajstić information content (AvgIpc) is 3.13. The molecule has 2 fully saturated rings. The van der Waals surface area contributed by atoms with Crippen LogP contribution in [0.1, 0.15) is 36.6 Å². The van der Waals surface area contributed by atoms with Gasteiger partial charge in [-0.2, -0.15) is 0 Å². The van der Waals surface area contributed by atoms with E-state index >= 15 is 0 Å². The van der Waals surface area contributed by atoms with Gasteiger partial charge in [0, 0.05) is 42.7 Å². The summed E-state index contributed by atoms with van der Waals surface area (Å²) in [6.45, 7) is 2.67. The minimum Gasteiger partial charge on any atom is -0.356 e. The maximum absolute atomic E-state index is 11.6. The fourth-order valence-electron chi connectivity index (χ4n) is 4.21. The zero-order valence-corrected chi connectivity index (χ0v) is 18.2. The molecule has 1 aliphatic heterocycles. The van der Waals surface area contributed by atoms with Gasteiger partial charge in [-0.05, 0) is 56.6 Å². The summed E-state index contributed by atoms with van der Waals surface area (Å²) in [6, 6.07) is 4.81. The monoisotopic (exact) mass is 412 g/mol. The van der Waals surface area contributed by atoms with E-state index in [9.17, 15) is 8.42 Å². The molecular weight excluding hydrogens is 380 g/mol. The van der Waals surface area contributed by atoms with Gasteiger partial charge in [-0.25, -0.2) is 8.42 Å². The fourth-order valence-corrected chi connectivity index (χ4v) is 6.69. The lowest BCUT2D eigenvalue weighted by molar-refractivity contribution is 0.125. The molecule has 0 spiro atoms. The summed E-state index contributed by atoms with van der Waals surface area (Å²) in [6.07, 6.45) is 5.68. The summed E-state index contributed by atoms with van der Waals surface area (Å²) < 4.78 is 23.3. The van der Waals surface area contributed by atoms with E-state index in [0.717, 1.165) is 31.9 Å². The van der Waals surface area contributed by atoms with Crippen molar-refractivity contribution in [3.05, 3.63) is 22.4 Å². The number of piperidine rings is 1. The standard InChI is InChI=1S/C19H32N4O2S2/c1-20-18(22-13-19(8-9-19)14-27(3,24)25)21-12-15-6-4-10-23(2)17(15)16-7-5-11-26-16/h5,7,11,15,17H,4,6,8-10,12-14H2,1-3H3,(H2,20,21,22). The molecule has 0 amide bonds. The van der Waals surface area contributed by atoms with Gasteiger partial charge >= 0.3 is 0 Å². The molecule has 1 aliphatic carbocycles. The Hall–Kier alpha value is -1.12. The van der Waals surface area contributed by atoms with Gasteiger partial charge in [0.25, 0.3) is 0 Å². The molecule has 0 aromatic carbocycles. The summed E-state index contributed by atoms with van der Waals surface area (Å²) in [4.78, 5) is 8.23. The first-order chi connectivity index (χ1) is 12.8. The first-order valence-corrected chi connectivity index (χ1v) is 12.6. The molecule has 2 N–H and O–H groups in total. The molecule has 152 valence electrons. The van der Waals surface area contributed by atoms with Gasteiger partial charge in [-0.1, -0.05) is 6.07 Å². The van der Waals surface area contributed by atoms with E-state index in [1.807, 2.05) is 11.3 Å². The van der Waals surface area contributed by atoms with Crippen molar-refractivity contribution in [3.8, 4) is 0 Å². The molecule has 2 unspecified atom stereocenters. The minimum absolute atomic E-state index is 0.101. The molecular formula is C19H32N4O2S2. The summed E-state index contributed by atoms with van der Waals surface area (Å²) in [5.74, 6) is 1.57. The van der Waals surface area contributed by atoms with E-state index in [-0.39, 0.29) is 11.2 Å². The van der Waals surface area contributed by atoms with Crippen molar-refractivity contribution in [1.29, 1.82) is 0 Å². The second kappa shape index (κ2) is 8.49. The molecule has 0 radical (unpaired) electrons. The summed E-state index contributed by atoms with van der Waals surface area (Å²) in [5.41, 5.74) is -0.101. The molecule has 2 heterocycles. The number of thiophene rings is 1. The predicted molar refractivity (Wildman–Crippen MR) is 113 cm³/mol. The minimum atomic E-state index is -2.95. The zero-order chi connectivity index (χ0) is 19.5. The van der Waals surface area contributed by atoms with Gasteiger partial charge in [-0.3, -0.25) is 9.89 Å². The quantitative estimate of drug-likeness (QED) is 0.530. The Bertz CT molecular complexity index is 742. The van der Waals surface area contributed by atoms with Crippen LogP contribution in [0.3, 0.4) is 0 Å². The van der Waals surface area contributed by atoms with Crippen LogP contribution in [0, 0.1) is 11.3 Å². The second-order valence-corrected chi connectivity index (χ2v) is 11.3. The molecule has 27 heavy (non-hydrogen) atoms. The van der Waals surface area contributed by atoms with Gasteiger partial charge in [0.05, 0.1) is 5.75 Å². The predicted octanol–water partition coefficient (Wildman–Crippen LogP) is 2.12. The molecule has 2 aliphatic rings. The van der Waals surface area contributed by atoms with Crippen LogP contribution in [0.5, 0.6) is 0 Å². The van der Waals surface area contributed by atoms with E-state index < -0.39 is 9.84 Å². The Kier molecular flexibility index (Phi) is 6.48. The third-order valence-electron chi connectivity index (χ3n) is 5.75. The highest BCUT2D eigenvalue weighted by Gasteiger charge is 2.45. The van der Waals surface area contributed by atoms with E-state index in [1.54, 1.807) is 7.05 Å².